The largest absolute Gasteiger partial charge is 0.397 e. The number of fused-ring (bicyclic) bond motifs is 5. The molecule has 0 heterocycles. The molecular weight excluding hydrogens is 500 g/mol. The SMILES string of the molecule is C[C@H](CC[C@@H](O)[C@@H](CO)COS(=O)(=O)O)C1CCC2C3C(O)CC4C[C@H](O)CCC4(C)C3CC(O)C21C. The third-order valence-corrected chi connectivity index (χ3v) is 12.1. The third-order valence-electron chi connectivity index (χ3n) is 11.6. The summed E-state index contributed by atoms with van der Waals surface area (Å²) in [4.78, 5) is 0. The molecule has 4 aliphatic carbocycles. The first-order valence-electron chi connectivity index (χ1n) is 14.2. The Bertz CT molecular complexity index is 898. The van der Waals surface area contributed by atoms with E-state index < -0.39 is 47.8 Å². The summed E-state index contributed by atoms with van der Waals surface area (Å²) in [5.41, 5.74) is -0.309. The first-order valence-corrected chi connectivity index (χ1v) is 15.5. The van der Waals surface area contributed by atoms with Gasteiger partial charge in [0.1, 0.15) is 0 Å². The van der Waals surface area contributed by atoms with Crippen LogP contribution in [0.2, 0.25) is 0 Å². The highest BCUT2D eigenvalue weighted by atomic mass is 32.3. The van der Waals surface area contributed by atoms with Gasteiger partial charge in [-0.25, -0.2) is 4.18 Å². The highest BCUT2D eigenvalue weighted by Gasteiger charge is 2.65. The zero-order chi connectivity index (χ0) is 27.3. The van der Waals surface area contributed by atoms with E-state index in [0.29, 0.717) is 19.3 Å². The summed E-state index contributed by atoms with van der Waals surface area (Å²) in [6.07, 6.45) is 4.54. The van der Waals surface area contributed by atoms with Gasteiger partial charge in [0.05, 0.1) is 37.6 Å². The highest BCUT2D eigenvalue weighted by molar-refractivity contribution is 7.80. The van der Waals surface area contributed by atoms with Gasteiger partial charge in [-0.3, -0.25) is 4.55 Å². The Morgan fingerprint density at radius 1 is 1.00 bits per heavy atom. The fourth-order valence-corrected chi connectivity index (χ4v) is 9.81. The Balaban J connectivity index is 1.45. The van der Waals surface area contributed by atoms with Crippen LogP contribution in [0.1, 0.15) is 78.6 Å². The van der Waals surface area contributed by atoms with E-state index in [0.717, 1.165) is 38.5 Å². The molecule has 0 amide bonds. The first kappa shape index (κ1) is 29.6. The van der Waals surface area contributed by atoms with E-state index in [1.54, 1.807) is 0 Å². The van der Waals surface area contributed by atoms with Crippen molar-refractivity contribution in [2.24, 2.45) is 52.3 Å². The van der Waals surface area contributed by atoms with Crippen molar-refractivity contribution >= 4 is 10.4 Å². The van der Waals surface area contributed by atoms with Gasteiger partial charge in [0.2, 0.25) is 0 Å². The summed E-state index contributed by atoms with van der Waals surface area (Å²) in [6.45, 7) is 5.67. The van der Waals surface area contributed by atoms with Crippen LogP contribution < -0.4 is 0 Å². The predicted octanol–water partition coefficient (Wildman–Crippen LogP) is 2.15. The molecule has 4 fully saturated rings. The van der Waals surface area contributed by atoms with Gasteiger partial charge in [-0.1, -0.05) is 20.8 Å². The van der Waals surface area contributed by atoms with Crippen molar-refractivity contribution in [2.45, 2.75) is 103 Å². The molecule has 9 unspecified atom stereocenters. The lowest BCUT2D eigenvalue weighted by atomic mass is 9.43. The molecule has 216 valence electrons. The molecule has 0 radical (unpaired) electrons. The van der Waals surface area contributed by atoms with Gasteiger partial charge in [-0.05, 0) is 104 Å². The van der Waals surface area contributed by atoms with Crippen LogP contribution in [0.3, 0.4) is 0 Å². The van der Waals surface area contributed by atoms with Crippen LogP contribution in [0.5, 0.6) is 0 Å². The van der Waals surface area contributed by atoms with E-state index in [-0.39, 0.29) is 52.4 Å². The zero-order valence-corrected chi connectivity index (χ0v) is 23.3. The lowest BCUT2D eigenvalue weighted by molar-refractivity contribution is -0.207. The van der Waals surface area contributed by atoms with Gasteiger partial charge in [-0.15, -0.1) is 0 Å². The molecule has 37 heavy (non-hydrogen) atoms. The van der Waals surface area contributed by atoms with Crippen LogP contribution in [-0.4, -0.2) is 76.1 Å². The number of aliphatic hydroxyl groups is 5. The Morgan fingerprint density at radius 3 is 2.35 bits per heavy atom. The average Bonchev–Trinajstić information content (AvgIpc) is 3.17. The normalized spacial score (nSPS) is 46.4. The van der Waals surface area contributed by atoms with Crippen molar-refractivity contribution in [3.05, 3.63) is 0 Å². The van der Waals surface area contributed by atoms with Crippen molar-refractivity contribution < 1.29 is 42.7 Å². The van der Waals surface area contributed by atoms with Crippen molar-refractivity contribution in [3.8, 4) is 0 Å². The molecular formula is C27H48O9S. The second kappa shape index (κ2) is 10.9. The van der Waals surface area contributed by atoms with Crippen molar-refractivity contribution in [1.29, 1.82) is 0 Å². The lowest BCUT2D eigenvalue weighted by Gasteiger charge is -2.63. The van der Waals surface area contributed by atoms with Gasteiger partial charge >= 0.3 is 10.4 Å². The Labute approximate surface area is 221 Å². The second-order valence-electron chi connectivity index (χ2n) is 13.3. The molecule has 4 rings (SSSR count). The highest BCUT2D eigenvalue weighted by Crippen LogP contribution is 2.68. The summed E-state index contributed by atoms with van der Waals surface area (Å²) in [7, 11) is -4.65. The van der Waals surface area contributed by atoms with E-state index in [2.05, 4.69) is 25.0 Å². The summed E-state index contributed by atoms with van der Waals surface area (Å²) >= 11 is 0. The molecule has 9 nitrogen and oxygen atoms in total. The quantitative estimate of drug-likeness (QED) is 0.237. The maximum absolute atomic E-state index is 11.7. The molecule has 0 aromatic heterocycles. The minimum absolute atomic E-state index is 0.0304. The molecule has 0 aliphatic heterocycles. The summed E-state index contributed by atoms with van der Waals surface area (Å²) in [6, 6.07) is 0. The van der Waals surface area contributed by atoms with E-state index in [1.165, 1.54) is 0 Å². The van der Waals surface area contributed by atoms with Crippen LogP contribution in [0, 0.1) is 52.3 Å². The zero-order valence-electron chi connectivity index (χ0n) is 22.4. The fourth-order valence-electron chi connectivity index (χ4n) is 9.46. The predicted molar refractivity (Wildman–Crippen MR) is 136 cm³/mol. The minimum atomic E-state index is -4.65. The summed E-state index contributed by atoms with van der Waals surface area (Å²) in [5.74, 6) is 0.439. The van der Waals surface area contributed by atoms with Gasteiger partial charge in [-0.2, -0.15) is 8.42 Å². The van der Waals surface area contributed by atoms with Crippen LogP contribution in [0.25, 0.3) is 0 Å². The first-order chi connectivity index (χ1) is 17.2. The lowest BCUT2D eigenvalue weighted by Crippen LogP contribution is -2.62. The van der Waals surface area contributed by atoms with E-state index in [4.69, 9.17) is 4.55 Å². The Kier molecular flexibility index (Phi) is 8.75. The van der Waals surface area contributed by atoms with E-state index in [1.807, 2.05) is 0 Å². The van der Waals surface area contributed by atoms with Gasteiger partial charge < -0.3 is 25.5 Å². The Hall–Kier alpha value is -0.330. The third kappa shape index (κ3) is 5.51. The Morgan fingerprint density at radius 2 is 1.70 bits per heavy atom. The standard InChI is InChI=1S/C27H48O9S/c1-15(4-7-22(30)16(13-28)14-36-37(33,34)35)19-5-6-20-25-21(12-24(32)27(19,20)3)26(2)9-8-18(29)10-17(26)11-23(25)31/h15-25,28-32H,4-14H2,1-3H3,(H,33,34,35)/t15-,16+,17?,18-,19?,20?,21?,22-,23?,24?,25?,26?,27?/m1/s1. The van der Waals surface area contributed by atoms with E-state index in [9.17, 15) is 34.0 Å². The maximum Gasteiger partial charge on any atom is 0.397 e. The van der Waals surface area contributed by atoms with Crippen molar-refractivity contribution in [3.63, 3.8) is 0 Å². The van der Waals surface area contributed by atoms with Crippen LogP contribution >= 0.6 is 0 Å². The fraction of sp³-hybridized carbons (Fsp3) is 1.00. The molecule has 4 aliphatic rings. The molecule has 0 aromatic carbocycles. The summed E-state index contributed by atoms with van der Waals surface area (Å²) in [5, 5.41) is 53.5. The van der Waals surface area contributed by atoms with Crippen LogP contribution in [0.15, 0.2) is 0 Å². The van der Waals surface area contributed by atoms with Crippen LogP contribution in [-0.2, 0) is 14.6 Å². The molecule has 0 bridgehead atoms. The van der Waals surface area contributed by atoms with Crippen molar-refractivity contribution in [1.82, 2.24) is 0 Å². The monoisotopic (exact) mass is 548 g/mol. The topological polar surface area (TPSA) is 165 Å². The molecule has 0 aromatic rings. The molecule has 13 atom stereocenters. The number of hydrogen-bond donors (Lipinski definition) is 6. The van der Waals surface area contributed by atoms with Gasteiger partial charge in [0.25, 0.3) is 0 Å². The summed E-state index contributed by atoms with van der Waals surface area (Å²) < 4.78 is 34.9. The smallest absolute Gasteiger partial charge is 0.396 e. The number of rotatable bonds is 9. The molecule has 10 heteroatoms. The average molecular weight is 549 g/mol. The molecule has 6 N–H and O–H groups in total. The van der Waals surface area contributed by atoms with Crippen LogP contribution in [0.4, 0.5) is 0 Å². The molecule has 0 saturated heterocycles. The maximum atomic E-state index is 11.7. The van der Waals surface area contributed by atoms with Gasteiger partial charge in [0.15, 0.2) is 0 Å². The molecule has 0 spiro atoms. The number of hydrogen-bond acceptors (Lipinski definition) is 8. The number of aliphatic hydroxyl groups excluding tert-OH is 5. The van der Waals surface area contributed by atoms with Gasteiger partial charge in [0, 0.05) is 5.92 Å². The molecule has 4 saturated carbocycles. The van der Waals surface area contributed by atoms with Crippen molar-refractivity contribution in [2.75, 3.05) is 13.2 Å². The minimum Gasteiger partial charge on any atom is -0.396 e. The second-order valence-corrected chi connectivity index (χ2v) is 14.4. The van der Waals surface area contributed by atoms with E-state index >= 15 is 0 Å².